The van der Waals surface area contributed by atoms with Gasteiger partial charge in [-0.25, -0.2) is 4.39 Å². The molecule has 0 bridgehead atoms. The zero-order chi connectivity index (χ0) is 14.3. The van der Waals surface area contributed by atoms with Crippen molar-refractivity contribution < 1.29 is 14.3 Å². The summed E-state index contributed by atoms with van der Waals surface area (Å²) in [6.45, 7) is 5.37. The highest BCUT2D eigenvalue weighted by Gasteiger charge is 2.13. The first-order valence-corrected chi connectivity index (χ1v) is 5.97. The van der Waals surface area contributed by atoms with Crippen LogP contribution in [0.5, 0.6) is 0 Å². The quantitative estimate of drug-likeness (QED) is 0.608. The molecule has 1 aliphatic carbocycles. The van der Waals surface area contributed by atoms with E-state index in [9.17, 15) is 14.3 Å². The van der Waals surface area contributed by atoms with Crippen LogP contribution < -0.4 is 0 Å². The van der Waals surface area contributed by atoms with Crippen molar-refractivity contribution >= 4 is 6.29 Å². The summed E-state index contributed by atoms with van der Waals surface area (Å²) in [5.41, 5.74) is 1.50. The highest BCUT2D eigenvalue weighted by molar-refractivity contribution is 5.77. The second kappa shape index (κ2) is 7.44. The van der Waals surface area contributed by atoms with E-state index in [0.29, 0.717) is 17.6 Å². The minimum Gasteiger partial charge on any atom is -0.384 e. The van der Waals surface area contributed by atoms with Crippen LogP contribution in [0, 0.1) is 0 Å². The molecule has 2 nitrogen and oxygen atoms in total. The summed E-state index contributed by atoms with van der Waals surface area (Å²) < 4.78 is 13.3. The number of rotatable bonds is 5. The summed E-state index contributed by atoms with van der Waals surface area (Å²) in [5, 5.41) is 10.1. The molecule has 1 atom stereocenters. The first kappa shape index (κ1) is 15.1. The van der Waals surface area contributed by atoms with Crippen molar-refractivity contribution in [2.24, 2.45) is 0 Å². The molecule has 1 N–H and O–H groups in total. The van der Waals surface area contributed by atoms with Gasteiger partial charge in [-0.3, -0.25) is 4.79 Å². The monoisotopic (exact) mass is 260 g/mol. The van der Waals surface area contributed by atoms with Crippen molar-refractivity contribution in [2.75, 3.05) is 0 Å². The Morgan fingerprint density at radius 2 is 2.32 bits per heavy atom. The van der Waals surface area contributed by atoms with E-state index in [1.54, 1.807) is 37.3 Å². The number of hydrogen-bond acceptors (Lipinski definition) is 2. The Labute approximate surface area is 112 Å². The van der Waals surface area contributed by atoms with Gasteiger partial charge in [0.2, 0.25) is 0 Å². The topological polar surface area (TPSA) is 37.3 Å². The summed E-state index contributed by atoms with van der Waals surface area (Å²) in [6, 6.07) is 0. The van der Waals surface area contributed by atoms with E-state index >= 15 is 0 Å². The first-order chi connectivity index (χ1) is 9.08. The second-order valence-corrected chi connectivity index (χ2v) is 4.13. The molecule has 19 heavy (non-hydrogen) atoms. The summed E-state index contributed by atoms with van der Waals surface area (Å²) in [6.07, 6.45) is 11.1. The number of carbonyl (C=O) groups is 1. The van der Waals surface area contributed by atoms with Gasteiger partial charge in [-0.05, 0) is 36.6 Å². The highest BCUT2D eigenvalue weighted by Crippen LogP contribution is 2.20. The molecule has 0 aromatic heterocycles. The fourth-order valence-corrected chi connectivity index (χ4v) is 1.65. The highest BCUT2D eigenvalue weighted by atomic mass is 19.1. The molecule has 0 radical (unpaired) electrons. The van der Waals surface area contributed by atoms with Crippen LogP contribution in [0.2, 0.25) is 0 Å². The molecule has 0 aliphatic heterocycles. The molecular weight excluding hydrogens is 243 g/mol. The Bertz CT molecular complexity index is 505. The van der Waals surface area contributed by atoms with Gasteiger partial charge in [-0.2, -0.15) is 0 Å². The molecule has 3 heteroatoms. The third-order valence-electron chi connectivity index (χ3n) is 2.66. The predicted molar refractivity (Wildman–Crippen MR) is 75.1 cm³/mol. The lowest BCUT2D eigenvalue weighted by molar-refractivity contribution is -0.104. The third-order valence-corrected chi connectivity index (χ3v) is 2.66. The predicted octanol–water partition coefficient (Wildman–Crippen LogP) is 3.34. The normalized spacial score (nSPS) is 17.7. The van der Waals surface area contributed by atoms with Crippen LogP contribution in [0.4, 0.5) is 4.39 Å². The fraction of sp³-hybridized carbons (Fsp3) is 0.188. The molecule has 100 valence electrons. The SMILES string of the molecule is C=C(/C=C(F)\C=C/C)C(O)C1=CC=CC(C=O)=CC1. The number of carbonyl (C=O) groups excluding carboxylic acids is 1. The smallest absolute Gasteiger partial charge is 0.149 e. The zero-order valence-electron chi connectivity index (χ0n) is 10.8. The van der Waals surface area contributed by atoms with E-state index in [-0.39, 0.29) is 5.57 Å². The van der Waals surface area contributed by atoms with Gasteiger partial charge >= 0.3 is 0 Å². The average Bonchev–Trinajstić information content (AvgIpc) is 2.63. The fourth-order valence-electron chi connectivity index (χ4n) is 1.65. The van der Waals surface area contributed by atoms with E-state index < -0.39 is 11.9 Å². The number of halogens is 1. The Morgan fingerprint density at radius 3 is 2.95 bits per heavy atom. The number of aldehydes is 1. The molecule has 0 aromatic carbocycles. The van der Waals surface area contributed by atoms with Crippen LogP contribution in [-0.4, -0.2) is 17.5 Å². The molecule has 0 aromatic rings. The Kier molecular flexibility index (Phi) is 5.90. The number of hydrogen-bond donors (Lipinski definition) is 1. The van der Waals surface area contributed by atoms with Gasteiger partial charge in [0.1, 0.15) is 18.2 Å². The molecule has 0 heterocycles. The molecule has 1 aliphatic rings. The third kappa shape index (κ3) is 4.64. The maximum atomic E-state index is 13.3. The van der Waals surface area contributed by atoms with Gasteiger partial charge in [0.15, 0.2) is 0 Å². The van der Waals surface area contributed by atoms with Crippen molar-refractivity contribution in [1.29, 1.82) is 0 Å². The standard InChI is InChI=1S/C16H17FO2/c1-3-5-15(17)10-12(2)16(19)14-7-4-6-13(11-18)8-9-14/h3-8,10-11,16,19H,2,9H2,1H3/b5-3-,15-10+. The lowest BCUT2D eigenvalue weighted by atomic mass is 9.99. The largest absolute Gasteiger partial charge is 0.384 e. The van der Waals surface area contributed by atoms with E-state index in [4.69, 9.17) is 0 Å². The van der Waals surface area contributed by atoms with Gasteiger partial charge in [0.05, 0.1) is 0 Å². The van der Waals surface area contributed by atoms with Crippen molar-refractivity contribution in [3.8, 4) is 0 Å². The zero-order valence-corrected chi connectivity index (χ0v) is 10.8. The lowest BCUT2D eigenvalue weighted by Gasteiger charge is -2.13. The van der Waals surface area contributed by atoms with Crippen LogP contribution in [-0.2, 0) is 4.79 Å². The molecule has 1 rings (SSSR count). The summed E-state index contributed by atoms with van der Waals surface area (Å²) >= 11 is 0. The van der Waals surface area contributed by atoms with Crippen LogP contribution in [0.1, 0.15) is 13.3 Å². The molecule has 0 amide bonds. The molecule has 0 fully saturated rings. The van der Waals surface area contributed by atoms with E-state index in [1.807, 2.05) is 0 Å². The van der Waals surface area contributed by atoms with Crippen LogP contribution in [0.15, 0.2) is 71.7 Å². The molecule has 1 unspecified atom stereocenters. The van der Waals surface area contributed by atoms with Gasteiger partial charge in [-0.1, -0.05) is 37.0 Å². The van der Waals surface area contributed by atoms with Crippen molar-refractivity contribution in [3.05, 3.63) is 71.7 Å². The maximum absolute atomic E-state index is 13.3. The number of allylic oxidation sites excluding steroid dienone is 8. The maximum Gasteiger partial charge on any atom is 0.149 e. The van der Waals surface area contributed by atoms with Gasteiger partial charge in [-0.15, -0.1) is 0 Å². The minimum atomic E-state index is -0.956. The van der Waals surface area contributed by atoms with E-state index in [2.05, 4.69) is 6.58 Å². The van der Waals surface area contributed by atoms with Crippen LogP contribution in [0.3, 0.4) is 0 Å². The van der Waals surface area contributed by atoms with Crippen molar-refractivity contribution in [3.63, 3.8) is 0 Å². The van der Waals surface area contributed by atoms with Crippen LogP contribution in [0.25, 0.3) is 0 Å². The molecule has 0 spiro atoms. The van der Waals surface area contributed by atoms with Crippen molar-refractivity contribution in [2.45, 2.75) is 19.4 Å². The average molecular weight is 260 g/mol. The number of aliphatic hydroxyl groups excluding tert-OH is 1. The molecular formula is C16H17FO2. The first-order valence-electron chi connectivity index (χ1n) is 5.97. The summed E-state index contributed by atoms with van der Waals surface area (Å²) in [7, 11) is 0. The lowest BCUT2D eigenvalue weighted by Crippen LogP contribution is -2.11. The minimum absolute atomic E-state index is 0.276. The van der Waals surface area contributed by atoms with Crippen LogP contribution >= 0.6 is 0 Å². The molecule has 0 saturated carbocycles. The van der Waals surface area contributed by atoms with Gasteiger partial charge < -0.3 is 5.11 Å². The summed E-state index contributed by atoms with van der Waals surface area (Å²) in [4.78, 5) is 10.7. The Hall–Kier alpha value is -2.00. The Balaban J connectivity index is 2.82. The number of aliphatic hydroxyl groups is 1. The van der Waals surface area contributed by atoms with E-state index in [1.165, 1.54) is 12.2 Å². The summed E-state index contributed by atoms with van der Waals surface area (Å²) in [5.74, 6) is -0.458. The second-order valence-electron chi connectivity index (χ2n) is 4.13. The molecule has 0 saturated heterocycles. The van der Waals surface area contributed by atoms with E-state index in [0.717, 1.165) is 6.29 Å². The van der Waals surface area contributed by atoms with Gasteiger partial charge in [0.25, 0.3) is 0 Å². The van der Waals surface area contributed by atoms with Gasteiger partial charge in [0, 0.05) is 5.57 Å². The van der Waals surface area contributed by atoms with Crippen molar-refractivity contribution in [1.82, 2.24) is 0 Å². The Morgan fingerprint density at radius 1 is 1.58 bits per heavy atom.